The predicted molar refractivity (Wildman–Crippen MR) is 95.5 cm³/mol. The Labute approximate surface area is 145 Å². The summed E-state index contributed by atoms with van der Waals surface area (Å²) in [5.74, 6) is 0.535. The molecule has 24 heavy (non-hydrogen) atoms. The SMILES string of the molecule is COc1cccc(C(=O)NCc2csc(Cc3ccccc3)n2)c1. The first kappa shape index (κ1) is 16.2. The molecule has 3 rings (SSSR count). The van der Waals surface area contributed by atoms with Gasteiger partial charge in [0.05, 0.1) is 24.4 Å². The summed E-state index contributed by atoms with van der Waals surface area (Å²) >= 11 is 1.62. The van der Waals surface area contributed by atoms with Gasteiger partial charge in [-0.3, -0.25) is 4.79 Å². The van der Waals surface area contributed by atoms with Crippen molar-refractivity contribution >= 4 is 17.2 Å². The van der Waals surface area contributed by atoms with E-state index in [-0.39, 0.29) is 5.91 Å². The first-order chi connectivity index (χ1) is 11.7. The normalized spacial score (nSPS) is 10.4. The molecule has 0 aliphatic rings. The molecule has 1 amide bonds. The van der Waals surface area contributed by atoms with E-state index < -0.39 is 0 Å². The maximum Gasteiger partial charge on any atom is 0.251 e. The molecule has 0 radical (unpaired) electrons. The minimum Gasteiger partial charge on any atom is -0.497 e. The summed E-state index contributed by atoms with van der Waals surface area (Å²) in [4.78, 5) is 16.8. The van der Waals surface area contributed by atoms with Crippen LogP contribution in [0, 0.1) is 0 Å². The lowest BCUT2D eigenvalue weighted by molar-refractivity contribution is 0.0950. The lowest BCUT2D eigenvalue weighted by Gasteiger charge is -2.05. The number of nitrogens with one attached hydrogen (secondary N) is 1. The highest BCUT2D eigenvalue weighted by molar-refractivity contribution is 7.09. The van der Waals surface area contributed by atoms with E-state index in [1.54, 1.807) is 36.6 Å². The molecule has 0 aliphatic carbocycles. The molecule has 122 valence electrons. The van der Waals surface area contributed by atoms with Gasteiger partial charge >= 0.3 is 0 Å². The fraction of sp³-hybridized carbons (Fsp3) is 0.158. The van der Waals surface area contributed by atoms with Crippen LogP contribution in [0.5, 0.6) is 5.75 Å². The van der Waals surface area contributed by atoms with Crippen molar-refractivity contribution in [3.63, 3.8) is 0 Å². The molecule has 0 unspecified atom stereocenters. The van der Waals surface area contributed by atoms with Crippen molar-refractivity contribution in [1.82, 2.24) is 10.3 Å². The van der Waals surface area contributed by atoms with Crippen molar-refractivity contribution in [1.29, 1.82) is 0 Å². The number of thiazole rings is 1. The number of hydrogen-bond donors (Lipinski definition) is 1. The molecule has 0 spiro atoms. The van der Waals surface area contributed by atoms with Crippen LogP contribution >= 0.6 is 11.3 Å². The van der Waals surface area contributed by atoms with Gasteiger partial charge in [-0.05, 0) is 23.8 Å². The van der Waals surface area contributed by atoms with Crippen molar-refractivity contribution < 1.29 is 9.53 Å². The highest BCUT2D eigenvalue weighted by Crippen LogP contribution is 2.15. The zero-order valence-corrected chi connectivity index (χ0v) is 14.2. The van der Waals surface area contributed by atoms with E-state index in [2.05, 4.69) is 22.4 Å². The van der Waals surface area contributed by atoms with E-state index in [9.17, 15) is 4.79 Å². The smallest absolute Gasteiger partial charge is 0.251 e. The summed E-state index contributed by atoms with van der Waals surface area (Å²) < 4.78 is 5.14. The fourth-order valence-electron chi connectivity index (χ4n) is 2.32. The molecule has 0 fully saturated rings. The van der Waals surface area contributed by atoms with Gasteiger partial charge in [0.15, 0.2) is 0 Å². The first-order valence-corrected chi connectivity index (χ1v) is 8.52. The third-order valence-electron chi connectivity index (χ3n) is 3.56. The summed E-state index contributed by atoms with van der Waals surface area (Å²) in [6.45, 7) is 0.418. The van der Waals surface area contributed by atoms with Crippen molar-refractivity contribution in [2.24, 2.45) is 0 Å². The Hall–Kier alpha value is -2.66. The van der Waals surface area contributed by atoms with Crippen LogP contribution in [0.2, 0.25) is 0 Å². The molecule has 0 saturated heterocycles. The monoisotopic (exact) mass is 338 g/mol. The van der Waals surface area contributed by atoms with Crippen LogP contribution in [0.25, 0.3) is 0 Å². The Balaban J connectivity index is 1.58. The molecule has 5 heteroatoms. The quantitative estimate of drug-likeness (QED) is 0.746. The molecule has 0 bridgehead atoms. The van der Waals surface area contributed by atoms with Gasteiger partial charge in [-0.25, -0.2) is 4.98 Å². The molecule has 4 nitrogen and oxygen atoms in total. The Morgan fingerprint density at radius 1 is 1.17 bits per heavy atom. The second-order valence-electron chi connectivity index (χ2n) is 5.31. The number of aromatic nitrogens is 1. The number of hydrogen-bond acceptors (Lipinski definition) is 4. The highest BCUT2D eigenvalue weighted by Gasteiger charge is 2.08. The summed E-state index contributed by atoms with van der Waals surface area (Å²) in [5.41, 5.74) is 2.69. The minimum absolute atomic E-state index is 0.133. The van der Waals surface area contributed by atoms with Crippen LogP contribution in [0.4, 0.5) is 0 Å². The maximum atomic E-state index is 12.2. The van der Waals surface area contributed by atoms with Crippen molar-refractivity contribution in [2.45, 2.75) is 13.0 Å². The Morgan fingerprint density at radius 3 is 2.79 bits per heavy atom. The zero-order chi connectivity index (χ0) is 16.8. The van der Waals surface area contributed by atoms with Crippen molar-refractivity contribution in [3.05, 3.63) is 81.8 Å². The van der Waals surface area contributed by atoms with Gasteiger partial charge in [-0.15, -0.1) is 11.3 Å². The third-order valence-corrected chi connectivity index (χ3v) is 4.46. The molecule has 1 N–H and O–H groups in total. The van der Waals surface area contributed by atoms with E-state index in [0.29, 0.717) is 17.9 Å². The second kappa shape index (κ2) is 7.75. The van der Waals surface area contributed by atoms with E-state index >= 15 is 0 Å². The number of carbonyl (C=O) groups is 1. The zero-order valence-electron chi connectivity index (χ0n) is 13.4. The lowest BCUT2D eigenvalue weighted by atomic mass is 10.2. The second-order valence-corrected chi connectivity index (χ2v) is 6.25. The molecule has 1 heterocycles. The van der Waals surface area contributed by atoms with Crippen LogP contribution in [-0.4, -0.2) is 18.0 Å². The molecule has 3 aromatic rings. The van der Waals surface area contributed by atoms with Crippen LogP contribution in [0.1, 0.15) is 26.6 Å². The van der Waals surface area contributed by atoms with Gasteiger partial charge in [0, 0.05) is 17.4 Å². The van der Waals surface area contributed by atoms with Gasteiger partial charge in [-0.1, -0.05) is 36.4 Å². The molecule has 0 saturated carbocycles. The van der Waals surface area contributed by atoms with Gasteiger partial charge < -0.3 is 10.1 Å². The van der Waals surface area contributed by atoms with Crippen LogP contribution in [0.15, 0.2) is 60.0 Å². The molecular formula is C19H18N2O2S. The third kappa shape index (κ3) is 4.20. The van der Waals surface area contributed by atoms with Crippen LogP contribution in [0.3, 0.4) is 0 Å². The molecule has 0 aliphatic heterocycles. The van der Waals surface area contributed by atoms with Crippen molar-refractivity contribution in [2.75, 3.05) is 7.11 Å². The molecule has 2 aromatic carbocycles. The molecule has 0 atom stereocenters. The topological polar surface area (TPSA) is 51.2 Å². The number of amides is 1. The Kier molecular flexibility index (Phi) is 5.23. The van der Waals surface area contributed by atoms with Gasteiger partial charge in [0.25, 0.3) is 5.91 Å². The van der Waals surface area contributed by atoms with Crippen LogP contribution < -0.4 is 10.1 Å². The van der Waals surface area contributed by atoms with Gasteiger partial charge in [0.1, 0.15) is 5.75 Å². The Bertz CT molecular complexity index is 815. The molecular weight excluding hydrogens is 320 g/mol. The fourth-order valence-corrected chi connectivity index (χ4v) is 3.15. The first-order valence-electron chi connectivity index (χ1n) is 7.64. The molecule has 1 aromatic heterocycles. The summed E-state index contributed by atoms with van der Waals surface area (Å²) in [5, 5.41) is 5.93. The Morgan fingerprint density at radius 2 is 2.00 bits per heavy atom. The van der Waals surface area contributed by atoms with Crippen molar-refractivity contribution in [3.8, 4) is 5.75 Å². The number of carbonyl (C=O) groups excluding carboxylic acids is 1. The largest absolute Gasteiger partial charge is 0.497 e. The predicted octanol–water partition coefficient (Wildman–Crippen LogP) is 3.67. The summed E-state index contributed by atoms with van der Waals surface area (Å²) in [7, 11) is 1.58. The number of methoxy groups -OCH3 is 1. The number of benzene rings is 2. The van der Waals surface area contributed by atoms with E-state index in [1.165, 1.54) is 5.56 Å². The van der Waals surface area contributed by atoms with E-state index in [0.717, 1.165) is 17.1 Å². The standard InChI is InChI=1S/C19H18N2O2S/c1-23-17-9-5-8-15(11-17)19(22)20-12-16-13-24-18(21-16)10-14-6-3-2-4-7-14/h2-9,11,13H,10,12H2,1H3,(H,20,22). The summed E-state index contributed by atoms with van der Waals surface area (Å²) in [6.07, 6.45) is 0.815. The average molecular weight is 338 g/mol. The van der Waals surface area contributed by atoms with E-state index in [1.807, 2.05) is 29.6 Å². The average Bonchev–Trinajstić information content (AvgIpc) is 3.08. The minimum atomic E-state index is -0.133. The maximum absolute atomic E-state index is 12.2. The van der Waals surface area contributed by atoms with Gasteiger partial charge in [-0.2, -0.15) is 0 Å². The number of ether oxygens (including phenoxy) is 1. The summed E-state index contributed by atoms with van der Waals surface area (Å²) in [6, 6.07) is 17.3. The number of nitrogens with zero attached hydrogens (tertiary/aromatic N) is 1. The highest BCUT2D eigenvalue weighted by atomic mass is 32.1. The number of rotatable bonds is 6. The van der Waals surface area contributed by atoms with E-state index in [4.69, 9.17) is 4.74 Å². The lowest BCUT2D eigenvalue weighted by Crippen LogP contribution is -2.22. The van der Waals surface area contributed by atoms with Crippen LogP contribution in [-0.2, 0) is 13.0 Å². The van der Waals surface area contributed by atoms with Gasteiger partial charge in [0.2, 0.25) is 0 Å².